The molecule has 0 saturated carbocycles. The monoisotopic (exact) mass is 279 g/mol. The minimum absolute atomic E-state index is 0.245. The highest BCUT2D eigenvalue weighted by atomic mass is 15.1. The molecule has 1 rings (SSSR count). The maximum atomic E-state index is 6.01. The van der Waals surface area contributed by atoms with Gasteiger partial charge in [-0.25, -0.2) is 4.98 Å². The van der Waals surface area contributed by atoms with Crippen LogP contribution in [0.3, 0.4) is 0 Å². The number of imidazole rings is 1. The van der Waals surface area contributed by atoms with Gasteiger partial charge in [-0.05, 0) is 12.8 Å². The van der Waals surface area contributed by atoms with Crippen molar-refractivity contribution in [3.63, 3.8) is 0 Å². The van der Waals surface area contributed by atoms with Crippen LogP contribution in [0.2, 0.25) is 0 Å². The number of hydrogen-bond donors (Lipinski definition) is 1. The highest BCUT2D eigenvalue weighted by Gasteiger charge is 2.07. The molecule has 3 nitrogen and oxygen atoms in total. The van der Waals surface area contributed by atoms with E-state index in [4.69, 9.17) is 5.73 Å². The molecule has 0 bridgehead atoms. The lowest BCUT2D eigenvalue weighted by Gasteiger charge is -2.11. The van der Waals surface area contributed by atoms with Crippen LogP contribution < -0.4 is 5.73 Å². The van der Waals surface area contributed by atoms with Crippen LogP contribution in [0.15, 0.2) is 12.4 Å². The molecule has 0 aromatic carbocycles. The fraction of sp³-hybridized carbons (Fsp3) is 0.824. The van der Waals surface area contributed by atoms with Crippen LogP contribution in [-0.4, -0.2) is 15.6 Å². The van der Waals surface area contributed by atoms with Crippen molar-refractivity contribution in [1.82, 2.24) is 9.55 Å². The van der Waals surface area contributed by atoms with E-state index in [-0.39, 0.29) is 6.04 Å². The number of hydrogen-bond acceptors (Lipinski definition) is 2. The van der Waals surface area contributed by atoms with Crippen LogP contribution in [0.5, 0.6) is 0 Å². The molecule has 1 aromatic heterocycles. The van der Waals surface area contributed by atoms with Crippen LogP contribution in [0.25, 0.3) is 0 Å². The van der Waals surface area contributed by atoms with E-state index in [1.54, 1.807) is 0 Å². The first kappa shape index (κ1) is 17.2. The van der Waals surface area contributed by atoms with Crippen molar-refractivity contribution < 1.29 is 0 Å². The quantitative estimate of drug-likeness (QED) is 0.580. The Morgan fingerprint density at radius 2 is 1.70 bits per heavy atom. The largest absolute Gasteiger partial charge is 0.335 e. The molecular formula is C17H33N3. The molecule has 116 valence electrons. The van der Waals surface area contributed by atoms with Gasteiger partial charge in [0, 0.05) is 31.4 Å². The number of aromatic nitrogens is 2. The lowest BCUT2D eigenvalue weighted by molar-refractivity contribution is 0.523. The van der Waals surface area contributed by atoms with Gasteiger partial charge >= 0.3 is 0 Å². The van der Waals surface area contributed by atoms with Crippen LogP contribution in [-0.2, 0) is 13.0 Å². The fourth-order valence-electron chi connectivity index (χ4n) is 2.53. The van der Waals surface area contributed by atoms with Gasteiger partial charge < -0.3 is 10.3 Å². The zero-order chi connectivity index (χ0) is 14.6. The van der Waals surface area contributed by atoms with E-state index >= 15 is 0 Å². The summed E-state index contributed by atoms with van der Waals surface area (Å²) in [6.45, 7) is 5.50. The van der Waals surface area contributed by atoms with E-state index in [0.29, 0.717) is 0 Å². The summed E-state index contributed by atoms with van der Waals surface area (Å²) in [5.74, 6) is 1.15. The molecule has 0 saturated heterocycles. The average molecular weight is 279 g/mol. The Morgan fingerprint density at radius 3 is 2.35 bits per heavy atom. The minimum Gasteiger partial charge on any atom is -0.335 e. The summed E-state index contributed by atoms with van der Waals surface area (Å²) < 4.78 is 2.28. The summed E-state index contributed by atoms with van der Waals surface area (Å²) in [6.07, 6.45) is 16.9. The van der Waals surface area contributed by atoms with Crippen LogP contribution in [0, 0.1) is 0 Å². The topological polar surface area (TPSA) is 43.8 Å². The Morgan fingerprint density at radius 1 is 1.05 bits per heavy atom. The van der Waals surface area contributed by atoms with Crippen molar-refractivity contribution in [3.05, 3.63) is 18.2 Å². The van der Waals surface area contributed by atoms with Gasteiger partial charge in [0.1, 0.15) is 5.82 Å². The van der Waals surface area contributed by atoms with Crippen molar-refractivity contribution >= 4 is 0 Å². The molecule has 0 aliphatic carbocycles. The second-order valence-electron chi connectivity index (χ2n) is 5.88. The zero-order valence-corrected chi connectivity index (χ0v) is 13.5. The fourth-order valence-corrected chi connectivity index (χ4v) is 2.53. The molecule has 0 aliphatic rings. The first-order valence-corrected chi connectivity index (χ1v) is 8.53. The van der Waals surface area contributed by atoms with Gasteiger partial charge in [0.2, 0.25) is 0 Å². The molecule has 3 heteroatoms. The lowest BCUT2D eigenvalue weighted by Crippen LogP contribution is -2.23. The first-order valence-electron chi connectivity index (χ1n) is 8.53. The Bertz CT molecular complexity index is 333. The summed E-state index contributed by atoms with van der Waals surface area (Å²) in [5, 5.41) is 0. The molecular weight excluding hydrogens is 246 g/mol. The Hall–Kier alpha value is -0.830. The molecule has 0 radical (unpaired) electrons. The summed E-state index contributed by atoms with van der Waals surface area (Å²) >= 11 is 0. The van der Waals surface area contributed by atoms with E-state index in [9.17, 15) is 0 Å². The van der Waals surface area contributed by atoms with Gasteiger partial charge in [-0.1, -0.05) is 58.8 Å². The molecule has 2 N–H and O–H groups in total. The van der Waals surface area contributed by atoms with E-state index in [0.717, 1.165) is 25.2 Å². The van der Waals surface area contributed by atoms with Crippen molar-refractivity contribution in [3.8, 4) is 0 Å². The molecule has 0 fully saturated rings. The molecule has 20 heavy (non-hydrogen) atoms. The molecule has 1 unspecified atom stereocenters. The van der Waals surface area contributed by atoms with Gasteiger partial charge in [-0.3, -0.25) is 0 Å². The van der Waals surface area contributed by atoms with Crippen molar-refractivity contribution in [2.24, 2.45) is 5.73 Å². The minimum atomic E-state index is 0.245. The van der Waals surface area contributed by atoms with Crippen molar-refractivity contribution in [1.29, 1.82) is 0 Å². The SMILES string of the molecule is CCCCCCCCCCn1ccnc1CC(N)CC. The highest BCUT2D eigenvalue weighted by molar-refractivity contribution is 4.94. The number of rotatable bonds is 12. The van der Waals surface area contributed by atoms with E-state index in [2.05, 4.69) is 29.6 Å². The van der Waals surface area contributed by atoms with Gasteiger partial charge in [0.25, 0.3) is 0 Å². The second kappa shape index (κ2) is 10.9. The van der Waals surface area contributed by atoms with Crippen LogP contribution in [0.4, 0.5) is 0 Å². The molecule has 1 heterocycles. The summed E-state index contributed by atoms with van der Waals surface area (Å²) in [5.41, 5.74) is 6.01. The second-order valence-corrected chi connectivity index (χ2v) is 5.88. The van der Waals surface area contributed by atoms with Gasteiger partial charge in [0.05, 0.1) is 0 Å². The molecule has 0 aliphatic heterocycles. The van der Waals surface area contributed by atoms with Crippen LogP contribution in [0.1, 0.15) is 77.5 Å². The standard InChI is InChI=1S/C17H33N3/c1-3-5-6-7-8-9-10-11-13-20-14-12-19-17(20)15-16(18)4-2/h12,14,16H,3-11,13,15,18H2,1-2H3. The van der Waals surface area contributed by atoms with E-state index in [1.807, 2.05) is 6.20 Å². The normalized spacial score (nSPS) is 12.8. The average Bonchev–Trinajstić information content (AvgIpc) is 2.89. The van der Waals surface area contributed by atoms with E-state index < -0.39 is 0 Å². The summed E-state index contributed by atoms with van der Waals surface area (Å²) in [6, 6.07) is 0.245. The maximum Gasteiger partial charge on any atom is 0.110 e. The molecule has 1 atom stereocenters. The van der Waals surface area contributed by atoms with Crippen molar-refractivity contribution in [2.45, 2.75) is 90.6 Å². The summed E-state index contributed by atoms with van der Waals surface area (Å²) in [4.78, 5) is 4.44. The third-order valence-corrected chi connectivity index (χ3v) is 4.02. The van der Waals surface area contributed by atoms with Gasteiger partial charge in [0.15, 0.2) is 0 Å². The van der Waals surface area contributed by atoms with Gasteiger partial charge in [-0.2, -0.15) is 0 Å². The third kappa shape index (κ3) is 7.09. The first-order chi connectivity index (χ1) is 9.77. The summed E-state index contributed by atoms with van der Waals surface area (Å²) in [7, 11) is 0. The zero-order valence-electron chi connectivity index (χ0n) is 13.5. The van der Waals surface area contributed by atoms with Crippen LogP contribution >= 0.6 is 0 Å². The predicted octanol–water partition coefficient (Wildman–Crippen LogP) is 4.30. The number of nitrogens with two attached hydrogens (primary N) is 1. The number of unbranched alkanes of at least 4 members (excludes halogenated alkanes) is 7. The predicted molar refractivity (Wildman–Crippen MR) is 86.8 cm³/mol. The Kier molecular flexibility index (Phi) is 9.38. The molecule has 0 amide bonds. The van der Waals surface area contributed by atoms with Crippen molar-refractivity contribution in [2.75, 3.05) is 0 Å². The highest BCUT2D eigenvalue weighted by Crippen LogP contribution is 2.10. The molecule has 0 spiro atoms. The Balaban J connectivity index is 2.11. The van der Waals surface area contributed by atoms with E-state index in [1.165, 1.54) is 51.4 Å². The third-order valence-electron chi connectivity index (χ3n) is 4.02. The Labute approximate surface area is 125 Å². The number of aryl methyl sites for hydroxylation is 1. The molecule has 1 aromatic rings. The lowest BCUT2D eigenvalue weighted by atomic mass is 10.1. The smallest absolute Gasteiger partial charge is 0.110 e. The number of nitrogens with zero attached hydrogens (tertiary/aromatic N) is 2. The van der Waals surface area contributed by atoms with Gasteiger partial charge in [-0.15, -0.1) is 0 Å². The maximum absolute atomic E-state index is 6.01.